The smallest absolute Gasteiger partial charge is 0.115 e. The minimum absolute atomic E-state index is 0.0778. The Hall–Kier alpha value is -0.520. The van der Waals surface area contributed by atoms with Gasteiger partial charge in [0.2, 0.25) is 0 Å². The van der Waals surface area contributed by atoms with E-state index in [1.807, 2.05) is 0 Å². The van der Waals surface area contributed by atoms with Crippen LogP contribution in [0.1, 0.15) is 47.5 Å². The van der Waals surface area contributed by atoms with E-state index >= 15 is 0 Å². The van der Waals surface area contributed by atoms with Gasteiger partial charge in [0.15, 0.2) is 0 Å². The van der Waals surface area contributed by atoms with Crippen LogP contribution in [0.3, 0.4) is 0 Å². The van der Waals surface area contributed by atoms with E-state index in [2.05, 4.69) is 51.4 Å². The van der Waals surface area contributed by atoms with Crippen molar-refractivity contribution >= 4 is 0 Å². The second-order valence-electron chi connectivity index (χ2n) is 6.12. The maximum absolute atomic E-state index is 5.99. The molecule has 2 nitrogen and oxygen atoms in total. The Morgan fingerprint density at radius 2 is 1.67 bits per heavy atom. The molecule has 1 atom stereocenters. The van der Waals surface area contributed by atoms with Crippen molar-refractivity contribution in [3.63, 3.8) is 0 Å². The molecule has 0 aromatic rings. The highest BCUT2D eigenvalue weighted by Crippen LogP contribution is 2.16. The molecule has 1 aliphatic heterocycles. The first kappa shape index (κ1) is 15.5. The number of likely N-dealkylation sites (tertiary alicyclic amines) is 1. The SMILES string of the molecule is CC(C)C#CC(C)OC1CCN(CC(C)C)CC1. The van der Waals surface area contributed by atoms with Crippen LogP contribution in [0.25, 0.3) is 0 Å². The normalized spacial score (nSPS) is 19.9. The van der Waals surface area contributed by atoms with Gasteiger partial charge in [-0.1, -0.05) is 39.5 Å². The molecule has 0 aliphatic carbocycles. The van der Waals surface area contributed by atoms with Crippen molar-refractivity contribution in [2.45, 2.75) is 59.7 Å². The van der Waals surface area contributed by atoms with Gasteiger partial charge in [0, 0.05) is 25.6 Å². The predicted octanol–water partition coefficient (Wildman–Crippen LogP) is 3.17. The van der Waals surface area contributed by atoms with Crippen LogP contribution in [0.2, 0.25) is 0 Å². The van der Waals surface area contributed by atoms with Crippen LogP contribution in [0.15, 0.2) is 0 Å². The third-order valence-corrected chi connectivity index (χ3v) is 3.13. The molecule has 1 aliphatic rings. The molecule has 2 heteroatoms. The van der Waals surface area contributed by atoms with Crippen molar-refractivity contribution in [2.75, 3.05) is 19.6 Å². The van der Waals surface area contributed by atoms with Gasteiger partial charge < -0.3 is 9.64 Å². The molecule has 1 unspecified atom stereocenters. The lowest BCUT2D eigenvalue weighted by Gasteiger charge is -2.33. The molecule has 0 amide bonds. The van der Waals surface area contributed by atoms with Crippen molar-refractivity contribution in [3.05, 3.63) is 0 Å². The second kappa shape index (κ2) is 7.81. The molecule has 1 heterocycles. The molecule has 18 heavy (non-hydrogen) atoms. The molecule has 1 saturated heterocycles. The molecule has 1 fully saturated rings. The monoisotopic (exact) mass is 251 g/mol. The van der Waals surface area contributed by atoms with Crippen molar-refractivity contribution in [1.29, 1.82) is 0 Å². The van der Waals surface area contributed by atoms with Gasteiger partial charge in [0.1, 0.15) is 6.10 Å². The third kappa shape index (κ3) is 6.42. The highest BCUT2D eigenvalue weighted by molar-refractivity contribution is 5.05. The van der Waals surface area contributed by atoms with Crippen LogP contribution in [0.4, 0.5) is 0 Å². The summed E-state index contributed by atoms with van der Waals surface area (Å²) >= 11 is 0. The minimum Gasteiger partial charge on any atom is -0.362 e. The Morgan fingerprint density at radius 3 is 2.17 bits per heavy atom. The largest absolute Gasteiger partial charge is 0.362 e. The quantitative estimate of drug-likeness (QED) is 0.712. The fourth-order valence-electron chi connectivity index (χ4n) is 2.35. The fraction of sp³-hybridized carbons (Fsp3) is 0.875. The molecule has 0 saturated carbocycles. The predicted molar refractivity (Wildman–Crippen MR) is 77.5 cm³/mol. The molecule has 0 bridgehead atoms. The van der Waals surface area contributed by atoms with E-state index in [1.54, 1.807) is 0 Å². The van der Waals surface area contributed by atoms with Gasteiger partial charge >= 0.3 is 0 Å². The Bertz CT molecular complexity index is 279. The van der Waals surface area contributed by atoms with Gasteiger partial charge in [0.25, 0.3) is 0 Å². The summed E-state index contributed by atoms with van der Waals surface area (Å²) in [6.07, 6.45) is 2.79. The van der Waals surface area contributed by atoms with Gasteiger partial charge in [-0.25, -0.2) is 0 Å². The first-order valence-corrected chi connectivity index (χ1v) is 7.36. The number of nitrogens with zero attached hydrogens (tertiary/aromatic N) is 1. The Labute approximate surface area is 113 Å². The molecule has 0 N–H and O–H groups in total. The van der Waals surface area contributed by atoms with Crippen LogP contribution in [-0.4, -0.2) is 36.7 Å². The summed E-state index contributed by atoms with van der Waals surface area (Å²) in [5.41, 5.74) is 0. The highest BCUT2D eigenvalue weighted by atomic mass is 16.5. The summed E-state index contributed by atoms with van der Waals surface area (Å²) < 4.78 is 5.99. The number of rotatable bonds is 4. The summed E-state index contributed by atoms with van der Waals surface area (Å²) in [6.45, 7) is 14.4. The lowest BCUT2D eigenvalue weighted by Crippen LogP contribution is -2.39. The highest BCUT2D eigenvalue weighted by Gasteiger charge is 2.21. The van der Waals surface area contributed by atoms with Crippen molar-refractivity contribution in [1.82, 2.24) is 4.90 Å². The number of piperidine rings is 1. The molecule has 0 spiro atoms. The zero-order chi connectivity index (χ0) is 13.5. The zero-order valence-corrected chi connectivity index (χ0v) is 12.7. The molecule has 104 valence electrons. The summed E-state index contributed by atoms with van der Waals surface area (Å²) in [5, 5.41) is 0. The fourth-order valence-corrected chi connectivity index (χ4v) is 2.35. The zero-order valence-electron chi connectivity index (χ0n) is 12.7. The summed E-state index contributed by atoms with van der Waals surface area (Å²) in [7, 11) is 0. The van der Waals surface area contributed by atoms with Crippen molar-refractivity contribution in [2.24, 2.45) is 11.8 Å². The van der Waals surface area contributed by atoms with E-state index in [-0.39, 0.29) is 6.10 Å². The molecule has 0 aromatic carbocycles. The Kier molecular flexibility index (Phi) is 6.75. The summed E-state index contributed by atoms with van der Waals surface area (Å²) in [5.74, 6) is 7.57. The van der Waals surface area contributed by atoms with Crippen LogP contribution in [0.5, 0.6) is 0 Å². The van der Waals surface area contributed by atoms with Crippen molar-refractivity contribution < 1.29 is 4.74 Å². The lowest BCUT2D eigenvalue weighted by atomic mass is 10.1. The third-order valence-electron chi connectivity index (χ3n) is 3.13. The van der Waals surface area contributed by atoms with Crippen LogP contribution >= 0.6 is 0 Å². The lowest BCUT2D eigenvalue weighted by molar-refractivity contribution is -0.0135. The van der Waals surface area contributed by atoms with Gasteiger partial charge in [-0.05, 0) is 25.7 Å². The maximum atomic E-state index is 5.99. The number of hydrogen-bond acceptors (Lipinski definition) is 2. The first-order chi connectivity index (χ1) is 8.47. The Morgan fingerprint density at radius 1 is 1.06 bits per heavy atom. The summed E-state index contributed by atoms with van der Waals surface area (Å²) in [6, 6.07) is 0. The van der Waals surface area contributed by atoms with E-state index in [1.165, 1.54) is 19.6 Å². The molecule has 0 radical (unpaired) electrons. The van der Waals surface area contributed by atoms with E-state index in [4.69, 9.17) is 4.74 Å². The van der Waals surface area contributed by atoms with Gasteiger partial charge in [0.05, 0.1) is 6.10 Å². The average Bonchev–Trinajstić information content (AvgIpc) is 2.28. The van der Waals surface area contributed by atoms with E-state index in [9.17, 15) is 0 Å². The van der Waals surface area contributed by atoms with E-state index in [0.29, 0.717) is 12.0 Å². The summed E-state index contributed by atoms with van der Waals surface area (Å²) in [4.78, 5) is 2.55. The topological polar surface area (TPSA) is 12.5 Å². The van der Waals surface area contributed by atoms with E-state index < -0.39 is 0 Å². The van der Waals surface area contributed by atoms with Crippen LogP contribution < -0.4 is 0 Å². The van der Waals surface area contributed by atoms with Gasteiger partial charge in [-0.2, -0.15) is 0 Å². The van der Waals surface area contributed by atoms with Gasteiger partial charge in [-0.15, -0.1) is 0 Å². The van der Waals surface area contributed by atoms with Crippen molar-refractivity contribution in [3.8, 4) is 11.8 Å². The standard InChI is InChI=1S/C16H29NO/c1-13(2)6-7-15(5)18-16-8-10-17(11-9-16)12-14(3)4/h13-16H,8-12H2,1-5H3. The molecular weight excluding hydrogens is 222 g/mol. The molecule has 0 aromatic heterocycles. The van der Waals surface area contributed by atoms with Crippen LogP contribution in [-0.2, 0) is 4.74 Å². The Balaban J connectivity index is 2.25. The molecule has 1 rings (SSSR count). The maximum Gasteiger partial charge on any atom is 0.115 e. The second-order valence-corrected chi connectivity index (χ2v) is 6.12. The average molecular weight is 251 g/mol. The van der Waals surface area contributed by atoms with Gasteiger partial charge in [-0.3, -0.25) is 0 Å². The number of ether oxygens (including phenoxy) is 1. The minimum atomic E-state index is 0.0778. The van der Waals surface area contributed by atoms with E-state index in [0.717, 1.165) is 18.8 Å². The first-order valence-electron chi connectivity index (χ1n) is 7.36. The molecular formula is C16H29NO. The van der Waals surface area contributed by atoms with Crippen LogP contribution in [0, 0.1) is 23.7 Å². The number of hydrogen-bond donors (Lipinski definition) is 0.